The molecule has 30 heavy (non-hydrogen) atoms. The number of likely N-dealkylation sites (tertiary alicyclic amines) is 1. The maximum absolute atomic E-state index is 12.9. The molecule has 1 aliphatic rings. The third kappa shape index (κ3) is 4.39. The molecule has 0 spiro atoms. The number of aliphatic hydroxyl groups excluding tert-OH is 1. The Balaban J connectivity index is 2.07. The number of rotatable bonds is 8. The van der Waals surface area contributed by atoms with Gasteiger partial charge in [0.1, 0.15) is 11.5 Å². The number of aliphatic hydroxyl groups is 1. The van der Waals surface area contributed by atoms with Crippen LogP contribution in [0.5, 0.6) is 5.75 Å². The second kappa shape index (κ2) is 9.59. The smallest absolute Gasteiger partial charge is 0.295 e. The zero-order chi connectivity index (χ0) is 21.7. The molecular formula is C24H27NO5. The Morgan fingerprint density at radius 1 is 1.07 bits per heavy atom. The van der Waals surface area contributed by atoms with E-state index in [0.717, 1.165) is 11.1 Å². The molecule has 0 aromatic heterocycles. The van der Waals surface area contributed by atoms with Crippen molar-refractivity contribution in [2.45, 2.75) is 26.3 Å². The fourth-order valence-electron chi connectivity index (χ4n) is 3.62. The molecular weight excluding hydrogens is 382 g/mol. The summed E-state index contributed by atoms with van der Waals surface area (Å²) in [6, 6.07) is 13.8. The highest BCUT2D eigenvalue weighted by Crippen LogP contribution is 2.39. The van der Waals surface area contributed by atoms with Crippen LogP contribution in [-0.4, -0.2) is 48.6 Å². The summed E-state index contributed by atoms with van der Waals surface area (Å²) in [6.07, 6.45) is 0.585. The molecule has 6 heteroatoms. The summed E-state index contributed by atoms with van der Waals surface area (Å²) >= 11 is 0. The van der Waals surface area contributed by atoms with E-state index < -0.39 is 17.7 Å². The Morgan fingerprint density at radius 3 is 2.33 bits per heavy atom. The first kappa shape index (κ1) is 21.6. The Labute approximate surface area is 176 Å². The summed E-state index contributed by atoms with van der Waals surface area (Å²) in [5.74, 6) is -0.749. The summed E-state index contributed by atoms with van der Waals surface area (Å²) in [6.45, 7) is 5.21. The van der Waals surface area contributed by atoms with E-state index in [-0.39, 0.29) is 11.3 Å². The number of carbonyl (C=O) groups excluding carboxylic acids is 2. The maximum Gasteiger partial charge on any atom is 0.295 e. The molecule has 1 atom stereocenters. The zero-order valence-electron chi connectivity index (χ0n) is 17.6. The lowest BCUT2D eigenvalue weighted by Crippen LogP contribution is -2.31. The number of ether oxygens (including phenoxy) is 2. The second-order valence-corrected chi connectivity index (χ2v) is 7.21. The van der Waals surface area contributed by atoms with Crippen LogP contribution >= 0.6 is 0 Å². The van der Waals surface area contributed by atoms with Gasteiger partial charge in [-0.3, -0.25) is 9.59 Å². The Bertz CT molecular complexity index is 931. The van der Waals surface area contributed by atoms with Crippen molar-refractivity contribution >= 4 is 17.4 Å². The van der Waals surface area contributed by atoms with Crippen LogP contribution in [0.4, 0.5) is 0 Å². The summed E-state index contributed by atoms with van der Waals surface area (Å²) in [5, 5.41) is 11.0. The number of ketones is 1. The highest BCUT2D eigenvalue weighted by Gasteiger charge is 2.45. The highest BCUT2D eigenvalue weighted by atomic mass is 16.5. The van der Waals surface area contributed by atoms with Crippen LogP contribution in [0.3, 0.4) is 0 Å². The summed E-state index contributed by atoms with van der Waals surface area (Å²) in [5.41, 5.74) is 2.38. The zero-order valence-corrected chi connectivity index (χ0v) is 17.6. The van der Waals surface area contributed by atoms with Gasteiger partial charge in [-0.1, -0.05) is 42.0 Å². The molecule has 2 aromatic rings. The van der Waals surface area contributed by atoms with Gasteiger partial charge in [0.05, 0.1) is 18.2 Å². The molecule has 1 aliphatic heterocycles. The standard InChI is InChI=1S/C24H27NO5/c1-4-30-19-12-10-17(11-13-19)21-20(22(26)18-8-6-16(2)7-9-18)23(27)24(28)25(21)14-5-15-29-3/h6-13,21,26H,4-5,14-15H2,1-3H3/b22-20+. The molecule has 0 radical (unpaired) electrons. The highest BCUT2D eigenvalue weighted by molar-refractivity contribution is 6.46. The van der Waals surface area contributed by atoms with Gasteiger partial charge in [-0.25, -0.2) is 0 Å². The first-order valence-corrected chi connectivity index (χ1v) is 10.0. The Morgan fingerprint density at radius 2 is 1.73 bits per heavy atom. The van der Waals surface area contributed by atoms with E-state index in [1.807, 2.05) is 38.1 Å². The van der Waals surface area contributed by atoms with E-state index in [2.05, 4.69) is 0 Å². The third-order valence-corrected chi connectivity index (χ3v) is 5.12. The first-order valence-electron chi connectivity index (χ1n) is 10.0. The van der Waals surface area contributed by atoms with Crippen molar-refractivity contribution in [1.29, 1.82) is 0 Å². The van der Waals surface area contributed by atoms with E-state index in [1.54, 1.807) is 31.4 Å². The van der Waals surface area contributed by atoms with Crippen molar-refractivity contribution in [3.8, 4) is 5.75 Å². The number of methoxy groups -OCH3 is 1. The summed E-state index contributed by atoms with van der Waals surface area (Å²) < 4.78 is 10.6. The van der Waals surface area contributed by atoms with Gasteiger partial charge >= 0.3 is 0 Å². The minimum atomic E-state index is -0.677. The summed E-state index contributed by atoms with van der Waals surface area (Å²) in [7, 11) is 1.59. The van der Waals surface area contributed by atoms with Crippen molar-refractivity contribution in [2.24, 2.45) is 0 Å². The molecule has 1 N–H and O–H groups in total. The minimum Gasteiger partial charge on any atom is -0.507 e. The number of hydrogen-bond acceptors (Lipinski definition) is 5. The first-order chi connectivity index (χ1) is 14.5. The SMILES string of the molecule is CCOc1ccc(C2/C(=C(\O)c3ccc(C)cc3)C(=O)C(=O)N2CCCOC)cc1. The van der Waals surface area contributed by atoms with Crippen molar-refractivity contribution < 1.29 is 24.2 Å². The molecule has 1 saturated heterocycles. The Kier molecular flexibility index (Phi) is 6.90. The van der Waals surface area contributed by atoms with Crippen LogP contribution in [0.2, 0.25) is 0 Å². The van der Waals surface area contributed by atoms with E-state index in [4.69, 9.17) is 9.47 Å². The number of benzene rings is 2. The van der Waals surface area contributed by atoms with Crippen LogP contribution in [0.25, 0.3) is 5.76 Å². The van der Waals surface area contributed by atoms with Crippen LogP contribution < -0.4 is 4.74 Å². The predicted molar refractivity (Wildman–Crippen MR) is 114 cm³/mol. The Hall–Kier alpha value is -3.12. The van der Waals surface area contributed by atoms with Gasteiger partial charge in [-0.15, -0.1) is 0 Å². The number of amides is 1. The van der Waals surface area contributed by atoms with Gasteiger partial charge in [0.15, 0.2) is 0 Å². The quantitative estimate of drug-likeness (QED) is 0.310. The number of hydrogen-bond donors (Lipinski definition) is 1. The maximum atomic E-state index is 12.9. The van der Waals surface area contributed by atoms with E-state index in [1.165, 1.54) is 4.90 Å². The molecule has 6 nitrogen and oxygen atoms in total. The lowest BCUT2D eigenvalue weighted by molar-refractivity contribution is -0.140. The molecule has 0 saturated carbocycles. The average Bonchev–Trinajstić information content (AvgIpc) is 3.00. The van der Waals surface area contributed by atoms with E-state index >= 15 is 0 Å². The summed E-state index contributed by atoms with van der Waals surface area (Å²) in [4.78, 5) is 27.2. The van der Waals surface area contributed by atoms with Crippen molar-refractivity contribution in [2.75, 3.05) is 26.9 Å². The molecule has 1 heterocycles. The van der Waals surface area contributed by atoms with E-state index in [0.29, 0.717) is 37.5 Å². The molecule has 0 aliphatic carbocycles. The van der Waals surface area contributed by atoms with Crippen molar-refractivity contribution in [1.82, 2.24) is 4.90 Å². The minimum absolute atomic E-state index is 0.102. The second-order valence-electron chi connectivity index (χ2n) is 7.21. The predicted octanol–water partition coefficient (Wildman–Crippen LogP) is 3.85. The van der Waals surface area contributed by atoms with Gasteiger partial charge in [0.25, 0.3) is 11.7 Å². The molecule has 158 valence electrons. The van der Waals surface area contributed by atoms with Crippen LogP contribution in [-0.2, 0) is 14.3 Å². The van der Waals surface area contributed by atoms with Crippen LogP contribution in [0.15, 0.2) is 54.1 Å². The molecule has 3 rings (SSSR count). The van der Waals surface area contributed by atoms with Crippen LogP contribution in [0, 0.1) is 6.92 Å². The topological polar surface area (TPSA) is 76.1 Å². The molecule has 2 aromatic carbocycles. The van der Waals surface area contributed by atoms with Gasteiger partial charge in [0.2, 0.25) is 0 Å². The van der Waals surface area contributed by atoms with Gasteiger partial charge in [-0.2, -0.15) is 0 Å². The lowest BCUT2D eigenvalue weighted by atomic mass is 9.95. The average molecular weight is 409 g/mol. The number of Topliss-reactive ketones (excluding diaryl/α,β-unsaturated/α-hetero) is 1. The molecule has 0 bridgehead atoms. The molecule has 1 amide bonds. The van der Waals surface area contributed by atoms with Crippen molar-refractivity contribution in [3.63, 3.8) is 0 Å². The monoisotopic (exact) mass is 409 g/mol. The molecule has 1 unspecified atom stereocenters. The largest absolute Gasteiger partial charge is 0.507 e. The normalized spacial score (nSPS) is 18.1. The van der Waals surface area contributed by atoms with Gasteiger partial charge in [-0.05, 0) is 38.0 Å². The fourth-order valence-corrected chi connectivity index (χ4v) is 3.62. The number of aryl methyl sites for hydroxylation is 1. The lowest BCUT2D eigenvalue weighted by Gasteiger charge is -2.25. The van der Waals surface area contributed by atoms with Gasteiger partial charge in [0, 0.05) is 25.8 Å². The fraction of sp³-hybridized carbons (Fsp3) is 0.333. The molecule has 1 fully saturated rings. The van der Waals surface area contributed by atoms with E-state index in [9.17, 15) is 14.7 Å². The third-order valence-electron chi connectivity index (χ3n) is 5.12. The van der Waals surface area contributed by atoms with Crippen LogP contribution in [0.1, 0.15) is 36.1 Å². The van der Waals surface area contributed by atoms with Crippen molar-refractivity contribution in [3.05, 3.63) is 70.8 Å². The number of carbonyl (C=O) groups is 2. The number of nitrogens with zero attached hydrogens (tertiary/aromatic N) is 1. The van der Waals surface area contributed by atoms with Gasteiger partial charge < -0.3 is 19.5 Å².